The average Bonchev–Trinajstić information content (AvgIpc) is 3.22. The molecule has 0 aliphatic rings. The second kappa shape index (κ2) is 15.1. The van der Waals surface area contributed by atoms with E-state index in [2.05, 4.69) is 16.9 Å². The summed E-state index contributed by atoms with van der Waals surface area (Å²) in [5.74, 6) is 0.740. The first-order valence-electron chi connectivity index (χ1n) is 13.5. The van der Waals surface area contributed by atoms with Crippen molar-refractivity contribution in [2.75, 3.05) is 0 Å². The summed E-state index contributed by atoms with van der Waals surface area (Å²) in [4.78, 5) is 7.52. The number of unbranched alkanes of at least 4 members (excludes halogenated alkanes) is 12. The van der Waals surface area contributed by atoms with Crippen molar-refractivity contribution < 1.29 is 25.9 Å². The molecule has 1 aromatic heterocycles. The molecule has 1 unspecified atom stereocenters. The van der Waals surface area contributed by atoms with E-state index in [0.29, 0.717) is 11.0 Å². The topological polar surface area (TPSA) is 137 Å². The van der Waals surface area contributed by atoms with Gasteiger partial charge in [-0.3, -0.25) is 9.11 Å². The molecule has 0 aliphatic carbocycles. The van der Waals surface area contributed by atoms with E-state index in [1.807, 2.05) is 0 Å². The lowest BCUT2D eigenvalue weighted by molar-refractivity contribution is 0.466. The van der Waals surface area contributed by atoms with Gasteiger partial charge in [0.1, 0.15) is 5.82 Å². The lowest BCUT2D eigenvalue weighted by Gasteiger charge is -2.11. The number of hydrogen-bond acceptors (Lipinski definition) is 5. The molecule has 3 N–H and O–H groups in total. The van der Waals surface area contributed by atoms with Gasteiger partial charge in [-0.2, -0.15) is 16.8 Å². The SMILES string of the molecule is CCCCCCCCCCCCCCCc1nc2c(CCC(C)S(=O)(=O)O)c(S(=O)(=O)O)ccc2[nH]1. The number of benzene rings is 1. The van der Waals surface area contributed by atoms with Crippen LogP contribution in [0.4, 0.5) is 0 Å². The van der Waals surface area contributed by atoms with Crippen molar-refractivity contribution >= 4 is 31.3 Å². The number of aromatic amines is 1. The standard InChI is InChI=1S/C26H44N2O6S2/c1-3-4-5-6-7-8-9-10-11-12-13-14-15-16-25-27-23-19-20-24(36(32,33)34)22(26(23)28-25)18-17-21(2)35(29,30)31/h19-21H,3-18H2,1-2H3,(H,27,28)(H,29,30,31)(H,32,33,34). The van der Waals surface area contributed by atoms with Crippen LogP contribution in [0.3, 0.4) is 0 Å². The molecule has 0 radical (unpaired) electrons. The molecule has 36 heavy (non-hydrogen) atoms. The first-order chi connectivity index (χ1) is 17.0. The van der Waals surface area contributed by atoms with Gasteiger partial charge in [0, 0.05) is 12.0 Å². The highest BCUT2D eigenvalue weighted by atomic mass is 32.2. The smallest absolute Gasteiger partial charge is 0.294 e. The van der Waals surface area contributed by atoms with Crippen LogP contribution in [0.15, 0.2) is 17.0 Å². The number of nitrogens with one attached hydrogen (secondary N) is 1. The first kappa shape index (κ1) is 30.7. The van der Waals surface area contributed by atoms with Crippen LogP contribution in [0, 0.1) is 0 Å². The lowest BCUT2D eigenvalue weighted by Crippen LogP contribution is -2.18. The summed E-state index contributed by atoms with van der Waals surface area (Å²) in [5, 5.41) is -1.06. The number of aryl methyl sites for hydroxylation is 2. The zero-order valence-electron chi connectivity index (χ0n) is 21.8. The zero-order valence-corrected chi connectivity index (χ0v) is 23.5. The molecule has 1 atom stereocenters. The van der Waals surface area contributed by atoms with E-state index in [9.17, 15) is 25.9 Å². The van der Waals surface area contributed by atoms with E-state index >= 15 is 0 Å². The molecule has 2 aromatic rings. The number of imidazole rings is 1. The fourth-order valence-corrected chi connectivity index (χ4v) is 5.74. The van der Waals surface area contributed by atoms with Crippen molar-refractivity contribution in [1.82, 2.24) is 9.97 Å². The zero-order chi connectivity index (χ0) is 26.6. The molecule has 0 saturated heterocycles. The Morgan fingerprint density at radius 2 is 1.33 bits per heavy atom. The van der Waals surface area contributed by atoms with Crippen molar-refractivity contribution in [1.29, 1.82) is 0 Å². The molecular weight excluding hydrogens is 500 g/mol. The minimum Gasteiger partial charge on any atom is -0.342 e. The Morgan fingerprint density at radius 3 is 1.83 bits per heavy atom. The van der Waals surface area contributed by atoms with Crippen LogP contribution in [0.25, 0.3) is 11.0 Å². The van der Waals surface area contributed by atoms with Gasteiger partial charge < -0.3 is 4.98 Å². The number of fused-ring (bicyclic) bond motifs is 1. The Labute approximate surface area is 217 Å². The summed E-state index contributed by atoms with van der Waals surface area (Å²) in [6.07, 6.45) is 17.3. The summed E-state index contributed by atoms with van der Waals surface area (Å²) >= 11 is 0. The Morgan fingerprint density at radius 1 is 0.806 bits per heavy atom. The molecule has 10 heteroatoms. The molecular formula is C26H44N2O6S2. The number of rotatable bonds is 19. The van der Waals surface area contributed by atoms with Crippen LogP contribution in [0.5, 0.6) is 0 Å². The Hall–Kier alpha value is -1.49. The molecule has 0 spiro atoms. The minimum atomic E-state index is -4.51. The van der Waals surface area contributed by atoms with Gasteiger partial charge >= 0.3 is 0 Å². The molecule has 206 valence electrons. The fourth-order valence-electron chi connectivity index (χ4n) is 4.57. The van der Waals surface area contributed by atoms with Crippen LogP contribution in [-0.4, -0.2) is 41.2 Å². The Balaban J connectivity index is 1.84. The normalized spacial score (nSPS) is 13.4. The van der Waals surface area contributed by atoms with Gasteiger partial charge in [0.2, 0.25) is 0 Å². The monoisotopic (exact) mass is 544 g/mol. The van der Waals surface area contributed by atoms with Crippen LogP contribution in [0.1, 0.15) is 115 Å². The fraction of sp³-hybridized carbons (Fsp3) is 0.731. The van der Waals surface area contributed by atoms with E-state index in [-0.39, 0.29) is 23.3 Å². The highest BCUT2D eigenvalue weighted by molar-refractivity contribution is 7.86. The summed E-state index contributed by atoms with van der Waals surface area (Å²) in [7, 11) is -8.75. The lowest BCUT2D eigenvalue weighted by atomic mass is 10.0. The van der Waals surface area contributed by atoms with Crippen LogP contribution < -0.4 is 0 Å². The molecule has 0 fully saturated rings. The van der Waals surface area contributed by atoms with Gasteiger partial charge in [0.15, 0.2) is 0 Å². The molecule has 0 aliphatic heterocycles. The predicted octanol–water partition coefficient (Wildman–Crippen LogP) is 6.65. The van der Waals surface area contributed by atoms with E-state index in [1.165, 1.54) is 83.6 Å². The average molecular weight is 545 g/mol. The molecule has 2 rings (SSSR count). The van der Waals surface area contributed by atoms with E-state index in [0.717, 1.165) is 25.1 Å². The number of H-pyrrole nitrogens is 1. The van der Waals surface area contributed by atoms with Gasteiger partial charge in [-0.05, 0) is 38.3 Å². The minimum absolute atomic E-state index is 0.00151. The number of nitrogens with zero attached hydrogens (tertiary/aromatic N) is 1. The summed E-state index contributed by atoms with van der Waals surface area (Å²) in [5.41, 5.74) is 1.32. The van der Waals surface area contributed by atoms with Gasteiger partial charge in [0.25, 0.3) is 20.2 Å². The maximum atomic E-state index is 11.9. The summed E-state index contributed by atoms with van der Waals surface area (Å²) in [6.45, 7) is 3.60. The maximum Gasteiger partial charge on any atom is 0.294 e. The van der Waals surface area contributed by atoms with Gasteiger partial charge in [-0.25, -0.2) is 4.98 Å². The Bertz CT molecular complexity index is 1140. The quantitative estimate of drug-likeness (QED) is 0.133. The van der Waals surface area contributed by atoms with Gasteiger partial charge in [0.05, 0.1) is 21.2 Å². The second-order valence-corrected chi connectivity index (χ2v) is 13.2. The third-order valence-corrected chi connectivity index (χ3v) is 9.06. The van der Waals surface area contributed by atoms with Crippen molar-refractivity contribution in [3.63, 3.8) is 0 Å². The van der Waals surface area contributed by atoms with E-state index in [1.54, 1.807) is 6.07 Å². The largest absolute Gasteiger partial charge is 0.342 e. The van der Waals surface area contributed by atoms with Gasteiger partial charge in [-0.1, -0.05) is 84.0 Å². The third-order valence-electron chi connectivity index (χ3n) is 6.87. The first-order valence-corrected chi connectivity index (χ1v) is 16.4. The maximum absolute atomic E-state index is 11.9. The predicted molar refractivity (Wildman–Crippen MR) is 145 cm³/mol. The Kier molecular flexibility index (Phi) is 12.8. The van der Waals surface area contributed by atoms with Gasteiger partial charge in [-0.15, -0.1) is 0 Å². The second-order valence-electron chi connectivity index (χ2n) is 9.95. The van der Waals surface area contributed by atoms with Crippen molar-refractivity contribution in [3.8, 4) is 0 Å². The van der Waals surface area contributed by atoms with Crippen LogP contribution in [-0.2, 0) is 33.1 Å². The molecule has 0 saturated carbocycles. The molecule has 0 bridgehead atoms. The van der Waals surface area contributed by atoms with Crippen LogP contribution >= 0.6 is 0 Å². The van der Waals surface area contributed by atoms with Crippen molar-refractivity contribution in [2.24, 2.45) is 0 Å². The third kappa shape index (κ3) is 10.5. The molecule has 1 aromatic carbocycles. The molecule has 8 nitrogen and oxygen atoms in total. The van der Waals surface area contributed by atoms with Crippen molar-refractivity contribution in [2.45, 2.75) is 127 Å². The number of aromatic nitrogens is 2. The van der Waals surface area contributed by atoms with Crippen molar-refractivity contribution in [3.05, 3.63) is 23.5 Å². The molecule has 1 heterocycles. The summed E-state index contributed by atoms with van der Waals surface area (Å²) in [6, 6.07) is 2.87. The number of hydrogen-bond donors (Lipinski definition) is 3. The summed E-state index contributed by atoms with van der Waals surface area (Å²) < 4.78 is 65.5. The van der Waals surface area contributed by atoms with Crippen LogP contribution in [0.2, 0.25) is 0 Å². The van der Waals surface area contributed by atoms with E-state index in [4.69, 9.17) is 0 Å². The molecule has 0 amide bonds. The van der Waals surface area contributed by atoms with E-state index < -0.39 is 25.5 Å². The highest BCUT2D eigenvalue weighted by Crippen LogP contribution is 2.27. The highest BCUT2D eigenvalue weighted by Gasteiger charge is 2.23.